The Balaban J connectivity index is 2.81. The van der Waals surface area contributed by atoms with Gasteiger partial charge in [-0.25, -0.2) is 0 Å². The van der Waals surface area contributed by atoms with E-state index in [1.54, 1.807) is 33.7 Å². The molecule has 6 heteroatoms. The fourth-order valence-electron chi connectivity index (χ4n) is 2.72. The molecular weight excluding hydrogens is 310 g/mol. The van der Waals surface area contributed by atoms with Crippen molar-refractivity contribution in [1.29, 1.82) is 0 Å². The minimum absolute atomic E-state index is 0.235. The Morgan fingerprint density at radius 3 is 2.29 bits per heavy atom. The van der Waals surface area contributed by atoms with Crippen LogP contribution in [0.5, 0.6) is 11.5 Å². The van der Waals surface area contributed by atoms with Crippen LogP contribution in [0, 0.1) is 0 Å². The Morgan fingerprint density at radius 1 is 1.12 bits per heavy atom. The quantitative estimate of drug-likeness (QED) is 0.749. The number of aliphatic hydroxyl groups is 1. The van der Waals surface area contributed by atoms with Crippen molar-refractivity contribution in [3.05, 3.63) is 41.7 Å². The molecule has 0 unspecified atom stereocenters. The van der Waals surface area contributed by atoms with Gasteiger partial charge in [0.1, 0.15) is 0 Å². The van der Waals surface area contributed by atoms with Gasteiger partial charge in [-0.1, -0.05) is 0 Å². The summed E-state index contributed by atoms with van der Waals surface area (Å²) in [6, 6.07) is 5.63. The number of rotatable bonds is 8. The van der Waals surface area contributed by atoms with E-state index >= 15 is 0 Å². The third-order valence-electron chi connectivity index (χ3n) is 3.71. The summed E-state index contributed by atoms with van der Waals surface area (Å²) in [7, 11) is 4.64. The van der Waals surface area contributed by atoms with Gasteiger partial charge >= 0.3 is 0 Å². The van der Waals surface area contributed by atoms with Gasteiger partial charge in [0.2, 0.25) is 0 Å². The van der Waals surface area contributed by atoms with Crippen LogP contribution < -0.4 is 9.47 Å². The molecule has 0 saturated heterocycles. The molecule has 1 aromatic carbocycles. The zero-order valence-electron chi connectivity index (χ0n) is 14.4. The molecule has 0 aliphatic rings. The highest BCUT2D eigenvalue weighted by Gasteiger charge is 2.26. The number of aromatic nitrogens is 1. The summed E-state index contributed by atoms with van der Waals surface area (Å²) in [6.45, 7) is 2.14. The van der Waals surface area contributed by atoms with E-state index in [4.69, 9.17) is 18.9 Å². The molecule has 2 aromatic rings. The predicted octanol–water partition coefficient (Wildman–Crippen LogP) is 2.94. The molecule has 0 aliphatic carbocycles. The molecular formula is C18H23NO5. The first-order valence-electron chi connectivity index (χ1n) is 7.65. The number of ether oxygens (including phenoxy) is 4. The lowest BCUT2D eigenvalue weighted by Gasteiger charge is -2.24. The van der Waals surface area contributed by atoms with Crippen molar-refractivity contribution in [2.24, 2.45) is 0 Å². The minimum atomic E-state index is -0.653. The third kappa shape index (κ3) is 3.51. The number of methoxy groups -OCH3 is 3. The Labute approximate surface area is 142 Å². The molecule has 0 aliphatic heterocycles. The van der Waals surface area contributed by atoms with Crippen LogP contribution in [-0.2, 0) is 16.1 Å². The molecule has 1 aromatic heterocycles. The molecule has 0 spiro atoms. The molecule has 0 amide bonds. The van der Waals surface area contributed by atoms with Crippen molar-refractivity contribution in [3.8, 4) is 22.6 Å². The monoisotopic (exact) mass is 333 g/mol. The van der Waals surface area contributed by atoms with Gasteiger partial charge < -0.3 is 24.1 Å². The van der Waals surface area contributed by atoms with E-state index < -0.39 is 6.29 Å². The lowest BCUT2D eigenvalue weighted by molar-refractivity contribution is -0.106. The van der Waals surface area contributed by atoms with E-state index in [1.165, 1.54) is 0 Å². The van der Waals surface area contributed by atoms with Gasteiger partial charge in [0.25, 0.3) is 0 Å². The van der Waals surface area contributed by atoms with Crippen LogP contribution in [0.2, 0.25) is 0 Å². The summed E-state index contributed by atoms with van der Waals surface area (Å²) in [5.41, 5.74) is 3.02. The average Bonchev–Trinajstić information content (AvgIpc) is 2.63. The van der Waals surface area contributed by atoms with Crippen LogP contribution in [0.1, 0.15) is 24.3 Å². The number of pyridine rings is 1. The molecule has 2 rings (SSSR count). The molecule has 1 heterocycles. The Hall–Kier alpha value is -2.15. The minimum Gasteiger partial charge on any atom is -0.492 e. The van der Waals surface area contributed by atoms with Crippen molar-refractivity contribution in [3.63, 3.8) is 0 Å². The van der Waals surface area contributed by atoms with Crippen molar-refractivity contribution in [1.82, 2.24) is 4.98 Å². The van der Waals surface area contributed by atoms with Gasteiger partial charge in [-0.3, -0.25) is 4.98 Å². The number of hydrogen-bond acceptors (Lipinski definition) is 6. The van der Waals surface area contributed by atoms with Gasteiger partial charge in [0, 0.05) is 37.7 Å². The first-order chi connectivity index (χ1) is 11.7. The van der Waals surface area contributed by atoms with E-state index in [1.807, 2.05) is 25.1 Å². The molecule has 130 valence electrons. The number of benzene rings is 1. The number of nitrogens with zero attached hydrogens (tertiary/aromatic N) is 1. The summed E-state index contributed by atoms with van der Waals surface area (Å²) >= 11 is 0. The molecule has 0 saturated carbocycles. The lowest BCUT2D eigenvalue weighted by Crippen LogP contribution is -2.12. The van der Waals surface area contributed by atoms with Crippen LogP contribution in [0.4, 0.5) is 0 Å². The van der Waals surface area contributed by atoms with Gasteiger partial charge in [0.15, 0.2) is 17.8 Å². The zero-order chi connectivity index (χ0) is 17.5. The van der Waals surface area contributed by atoms with Gasteiger partial charge in [-0.15, -0.1) is 0 Å². The summed E-state index contributed by atoms with van der Waals surface area (Å²) in [4.78, 5) is 4.05. The summed E-state index contributed by atoms with van der Waals surface area (Å²) < 4.78 is 22.1. The molecule has 0 radical (unpaired) electrons. The largest absolute Gasteiger partial charge is 0.492 e. The number of hydrogen-bond donors (Lipinski definition) is 1. The highest BCUT2D eigenvalue weighted by Crippen LogP contribution is 2.43. The second-order valence-corrected chi connectivity index (χ2v) is 4.98. The molecule has 0 fully saturated rings. The van der Waals surface area contributed by atoms with E-state index in [2.05, 4.69) is 4.98 Å². The second-order valence-electron chi connectivity index (χ2n) is 4.98. The topological polar surface area (TPSA) is 70.0 Å². The maximum atomic E-state index is 9.98. The fraction of sp³-hybridized carbons (Fsp3) is 0.389. The van der Waals surface area contributed by atoms with Gasteiger partial charge in [-0.05, 0) is 36.2 Å². The van der Waals surface area contributed by atoms with Crippen molar-refractivity contribution in [2.75, 3.05) is 27.9 Å². The molecule has 1 N–H and O–H groups in total. The molecule has 6 nitrogen and oxygen atoms in total. The Morgan fingerprint density at radius 2 is 1.79 bits per heavy atom. The maximum Gasteiger partial charge on any atom is 0.184 e. The van der Waals surface area contributed by atoms with Crippen LogP contribution >= 0.6 is 0 Å². The smallest absolute Gasteiger partial charge is 0.184 e. The van der Waals surface area contributed by atoms with E-state index in [0.717, 1.165) is 11.1 Å². The Bertz CT molecular complexity index is 656. The van der Waals surface area contributed by atoms with E-state index in [0.29, 0.717) is 29.2 Å². The Kier molecular flexibility index (Phi) is 6.54. The van der Waals surface area contributed by atoms with E-state index in [9.17, 15) is 5.11 Å². The molecule has 0 atom stereocenters. The first kappa shape index (κ1) is 18.2. The highest BCUT2D eigenvalue weighted by atomic mass is 16.7. The average molecular weight is 333 g/mol. The highest BCUT2D eigenvalue weighted by molar-refractivity contribution is 5.74. The van der Waals surface area contributed by atoms with Gasteiger partial charge in [0.05, 0.1) is 20.3 Å². The van der Waals surface area contributed by atoms with Crippen molar-refractivity contribution < 1.29 is 24.1 Å². The summed E-state index contributed by atoms with van der Waals surface area (Å²) in [6.07, 6.45) is 2.76. The third-order valence-corrected chi connectivity index (χ3v) is 3.71. The predicted molar refractivity (Wildman–Crippen MR) is 90.1 cm³/mol. The summed E-state index contributed by atoms with van der Waals surface area (Å²) in [5.74, 6) is 1.04. The molecule has 0 bridgehead atoms. The summed E-state index contributed by atoms with van der Waals surface area (Å²) in [5, 5.41) is 9.98. The van der Waals surface area contributed by atoms with Crippen molar-refractivity contribution >= 4 is 0 Å². The van der Waals surface area contributed by atoms with Crippen LogP contribution in [0.15, 0.2) is 30.6 Å². The van der Waals surface area contributed by atoms with Crippen LogP contribution in [0.3, 0.4) is 0 Å². The van der Waals surface area contributed by atoms with E-state index in [-0.39, 0.29) is 6.61 Å². The molecule has 24 heavy (non-hydrogen) atoms. The fourth-order valence-corrected chi connectivity index (χ4v) is 2.72. The second kappa shape index (κ2) is 8.63. The van der Waals surface area contributed by atoms with Crippen molar-refractivity contribution in [2.45, 2.75) is 19.8 Å². The van der Waals surface area contributed by atoms with Crippen LogP contribution in [-0.4, -0.2) is 38.0 Å². The first-order valence-corrected chi connectivity index (χ1v) is 7.65. The SMILES string of the molecule is CCOc1cc(-c2ccncc2)c(C(OC)OC)c(CO)c1OC. The standard InChI is InChI=1S/C18H23NO5/c1-5-24-15-10-13(12-6-8-19-9-7-12)16(18(22-3)23-4)14(11-20)17(15)21-2/h6-10,18,20H,5,11H2,1-4H3. The van der Waals surface area contributed by atoms with Gasteiger partial charge in [-0.2, -0.15) is 0 Å². The normalized spacial score (nSPS) is 10.9. The number of aliphatic hydroxyl groups excluding tert-OH is 1. The van der Waals surface area contributed by atoms with Crippen LogP contribution in [0.25, 0.3) is 11.1 Å². The zero-order valence-corrected chi connectivity index (χ0v) is 14.4. The maximum absolute atomic E-state index is 9.98. The lowest BCUT2D eigenvalue weighted by atomic mass is 9.94.